The van der Waals surface area contributed by atoms with E-state index in [-0.39, 0.29) is 18.7 Å². The molecule has 0 spiro atoms. The molecule has 0 saturated heterocycles. The summed E-state index contributed by atoms with van der Waals surface area (Å²) in [6, 6.07) is 5.38. The highest BCUT2D eigenvalue weighted by atomic mass is 16.4. The largest absolute Gasteiger partial charge is 0.508 e. The van der Waals surface area contributed by atoms with Gasteiger partial charge < -0.3 is 25.7 Å². The highest BCUT2D eigenvalue weighted by Crippen LogP contribution is 2.11. The van der Waals surface area contributed by atoms with Crippen LogP contribution in [0.4, 0.5) is 0 Å². The third kappa shape index (κ3) is 4.70. The predicted octanol–water partition coefficient (Wildman–Crippen LogP) is -0.669. The first-order valence-corrected chi connectivity index (χ1v) is 5.56. The molecule has 2 unspecified atom stereocenters. The lowest BCUT2D eigenvalue weighted by Gasteiger charge is -2.16. The Bertz CT molecular complexity index is 379. The monoisotopic (exact) mass is 255 g/mol. The third-order valence-electron chi connectivity index (χ3n) is 2.48. The number of aliphatic hydroxyl groups excluding tert-OH is 2. The molecule has 0 amide bonds. The van der Waals surface area contributed by atoms with Crippen LogP contribution in [0, 0.1) is 0 Å². The van der Waals surface area contributed by atoms with Gasteiger partial charge in [-0.25, -0.2) is 0 Å². The highest BCUT2D eigenvalue weighted by molar-refractivity contribution is 5.73. The zero-order valence-electron chi connectivity index (χ0n) is 9.78. The van der Waals surface area contributed by atoms with Crippen LogP contribution in [0.15, 0.2) is 24.3 Å². The Balaban J connectivity index is 2.57. The Labute approximate surface area is 105 Å². The van der Waals surface area contributed by atoms with Crippen molar-refractivity contribution in [3.63, 3.8) is 0 Å². The molecule has 6 heteroatoms. The summed E-state index contributed by atoms with van der Waals surface area (Å²) >= 11 is 0. The zero-order chi connectivity index (χ0) is 13.5. The maximum atomic E-state index is 11.0. The molecule has 0 aliphatic rings. The minimum Gasteiger partial charge on any atom is -0.508 e. The summed E-state index contributed by atoms with van der Waals surface area (Å²) in [6.07, 6.45) is -0.750. The normalized spacial score (nSPS) is 14.1. The van der Waals surface area contributed by atoms with E-state index in [1.807, 2.05) is 0 Å². The molecule has 1 aromatic rings. The van der Waals surface area contributed by atoms with E-state index in [1.165, 1.54) is 12.1 Å². The number of nitrogens with one attached hydrogen (secondary N) is 1. The first kappa shape index (κ1) is 14.4. The molecule has 6 nitrogen and oxygen atoms in total. The van der Waals surface area contributed by atoms with Gasteiger partial charge in [0.15, 0.2) is 0 Å². The number of rotatable bonds is 7. The van der Waals surface area contributed by atoms with Crippen LogP contribution in [0.1, 0.15) is 5.56 Å². The number of aliphatic hydroxyl groups is 2. The van der Waals surface area contributed by atoms with E-state index in [2.05, 4.69) is 5.32 Å². The van der Waals surface area contributed by atoms with E-state index < -0.39 is 24.7 Å². The van der Waals surface area contributed by atoms with Crippen molar-refractivity contribution in [2.24, 2.45) is 0 Å². The summed E-state index contributed by atoms with van der Waals surface area (Å²) in [6.45, 7) is -0.413. The SMILES string of the molecule is O=C(O)C(Cc1ccc(O)cc1)NCC(O)CO. The number of hydrogen-bond donors (Lipinski definition) is 5. The van der Waals surface area contributed by atoms with E-state index >= 15 is 0 Å². The van der Waals surface area contributed by atoms with Crippen LogP contribution in [0.3, 0.4) is 0 Å². The van der Waals surface area contributed by atoms with Crippen molar-refractivity contribution >= 4 is 5.97 Å². The topological polar surface area (TPSA) is 110 Å². The molecule has 0 heterocycles. The van der Waals surface area contributed by atoms with Gasteiger partial charge in [-0.15, -0.1) is 0 Å². The van der Waals surface area contributed by atoms with Crippen molar-refractivity contribution in [2.45, 2.75) is 18.6 Å². The summed E-state index contributed by atoms with van der Waals surface area (Å²) in [4.78, 5) is 11.0. The van der Waals surface area contributed by atoms with Crippen molar-refractivity contribution in [2.75, 3.05) is 13.2 Å². The Morgan fingerprint density at radius 3 is 2.39 bits per heavy atom. The van der Waals surface area contributed by atoms with Gasteiger partial charge in [0, 0.05) is 6.54 Å². The average molecular weight is 255 g/mol. The van der Waals surface area contributed by atoms with Crippen LogP contribution in [0.5, 0.6) is 5.75 Å². The maximum Gasteiger partial charge on any atom is 0.321 e. The van der Waals surface area contributed by atoms with E-state index in [1.54, 1.807) is 12.1 Å². The van der Waals surface area contributed by atoms with E-state index in [0.29, 0.717) is 0 Å². The molecule has 0 fully saturated rings. The van der Waals surface area contributed by atoms with Gasteiger partial charge in [-0.2, -0.15) is 0 Å². The quantitative estimate of drug-likeness (QED) is 0.442. The number of carboxylic acid groups (broad SMARTS) is 1. The number of aliphatic carboxylic acids is 1. The van der Waals surface area contributed by atoms with Crippen molar-refractivity contribution in [3.05, 3.63) is 29.8 Å². The Morgan fingerprint density at radius 2 is 1.89 bits per heavy atom. The van der Waals surface area contributed by atoms with Crippen molar-refractivity contribution < 1.29 is 25.2 Å². The summed E-state index contributed by atoms with van der Waals surface area (Å²) in [5.41, 5.74) is 0.756. The minimum absolute atomic E-state index is 0.00551. The molecular weight excluding hydrogens is 238 g/mol. The number of benzene rings is 1. The fraction of sp³-hybridized carbons (Fsp3) is 0.417. The number of phenolic OH excluding ortho intramolecular Hbond substituents is 1. The van der Waals surface area contributed by atoms with Gasteiger partial charge in [-0.05, 0) is 24.1 Å². The average Bonchev–Trinajstić information content (AvgIpc) is 2.35. The molecule has 1 rings (SSSR count). The first-order chi connectivity index (χ1) is 8.52. The molecule has 18 heavy (non-hydrogen) atoms. The summed E-state index contributed by atoms with van der Waals surface area (Å²) in [7, 11) is 0. The number of aromatic hydroxyl groups is 1. The molecule has 0 aliphatic carbocycles. The Hall–Kier alpha value is -1.63. The van der Waals surface area contributed by atoms with Crippen molar-refractivity contribution in [1.82, 2.24) is 5.32 Å². The van der Waals surface area contributed by atoms with Crippen LogP contribution in [-0.4, -0.2) is 51.7 Å². The molecule has 100 valence electrons. The molecule has 0 bridgehead atoms. The fourth-order valence-corrected chi connectivity index (χ4v) is 1.46. The summed E-state index contributed by atoms with van der Waals surface area (Å²) < 4.78 is 0. The zero-order valence-corrected chi connectivity index (χ0v) is 9.78. The molecular formula is C12H17NO5. The molecule has 0 aromatic heterocycles. The fourth-order valence-electron chi connectivity index (χ4n) is 1.46. The van der Waals surface area contributed by atoms with Crippen LogP contribution in [0.2, 0.25) is 0 Å². The lowest BCUT2D eigenvalue weighted by atomic mass is 10.1. The van der Waals surface area contributed by atoms with Gasteiger partial charge >= 0.3 is 5.97 Å². The molecule has 0 saturated carbocycles. The number of phenols is 1. The van der Waals surface area contributed by atoms with Crippen LogP contribution >= 0.6 is 0 Å². The Kier molecular flexibility index (Phi) is 5.57. The van der Waals surface area contributed by atoms with Gasteiger partial charge in [-0.3, -0.25) is 4.79 Å². The van der Waals surface area contributed by atoms with Crippen LogP contribution in [0.25, 0.3) is 0 Å². The van der Waals surface area contributed by atoms with E-state index in [0.717, 1.165) is 5.56 Å². The minimum atomic E-state index is -1.03. The maximum absolute atomic E-state index is 11.0. The molecule has 0 aliphatic heterocycles. The summed E-state index contributed by atoms with van der Waals surface area (Å²) in [5.74, 6) is -0.914. The second kappa shape index (κ2) is 6.95. The molecule has 1 aromatic carbocycles. The highest BCUT2D eigenvalue weighted by Gasteiger charge is 2.18. The Morgan fingerprint density at radius 1 is 1.28 bits per heavy atom. The van der Waals surface area contributed by atoms with E-state index in [9.17, 15) is 4.79 Å². The van der Waals surface area contributed by atoms with Gasteiger partial charge in [0.2, 0.25) is 0 Å². The standard InChI is InChI=1S/C12H17NO5/c14-7-10(16)6-13-11(12(17)18)5-8-1-3-9(15)4-2-8/h1-4,10-11,13-16H,5-7H2,(H,17,18). The molecule has 2 atom stereocenters. The van der Waals surface area contributed by atoms with Crippen molar-refractivity contribution in [1.29, 1.82) is 0 Å². The number of hydrogen-bond acceptors (Lipinski definition) is 5. The van der Waals surface area contributed by atoms with Crippen molar-refractivity contribution in [3.8, 4) is 5.75 Å². The smallest absolute Gasteiger partial charge is 0.321 e. The predicted molar refractivity (Wildman–Crippen MR) is 64.3 cm³/mol. The summed E-state index contributed by atoms with van der Waals surface area (Å²) in [5, 5.41) is 38.6. The molecule has 5 N–H and O–H groups in total. The second-order valence-electron chi connectivity index (χ2n) is 4.01. The first-order valence-electron chi connectivity index (χ1n) is 5.56. The molecule has 0 radical (unpaired) electrons. The van der Waals surface area contributed by atoms with Gasteiger partial charge in [0.25, 0.3) is 0 Å². The second-order valence-corrected chi connectivity index (χ2v) is 4.01. The van der Waals surface area contributed by atoms with Crippen LogP contribution < -0.4 is 5.32 Å². The van der Waals surface area contributed by atoms with Gasteiger partial charge in [0.05, 0.1) is 12.7 Å². The van der Waals surface area contributed by atoms with Gasteiger partial charge in [-0.1, -0.05) is 12.1 Å². The van der Waals surface area contributed by atoms with Crippen LogP contribution in [-0.2, 0) is 11.2 Å². The lowest BCUT2D eigenvalue weighted by molar-refractivity contribution is -0.139. The van der Waals surface area contributed by atoms with E-state index in [4.69, 9.17) is 20.4 Å². The van der Waals surface area contributed by atoms with Gasteiger partial charge in [0.1, 0.15) is 11.8 Å². The lowest BCUT2D eigenvalue weighted by Crippen LogP contribution is -2.43. The third-order valence-corrected chi connectivity index (χ3v) is 2.48. The number of carbonyl (C=O) groups is 1. The number of carboxylic acids is 1.